The molecule has 0 atom stereocenters. The second-order valence-electron chi connectivity index (χ2n) is 7.36. The summed E-state index contributed by atoms with van der Waals surface area (Å²) in [7, 11) is -3.38. The van der Waals surface area contributed by atoms with E-state index in [2.05, 4.69) is 18.8 Å². The molecule has 2 amide bonds. The summed E-state index contributed by atoms with van der Waals surface area (Å²) in [5, 5.41) is 2.88. The van der Waals surface area contributed by atoms with Crippen molar-refractivity contribution >= 4 is 44.5 Å². The lowest BCUT2D eigenvalue weighted by molar-refractivity contribution is 0.193. The molecule has 1 saturated heterocycles. The molecule has 1 fully saturated rings. The number of amides is 2. The van der Waals surface area contributed by atoms with Crippen LogP contribution in [0.4, 0.5) is 10.5 Å². The van der Waals surface area contributed by atoms with Gasteiger partial charge >= 0.3 is 6.03 Å². The fourth-order valence-electron chi connectivity index (χ4n) is 2.70. The second-order valence-corrected chi connectivity index (χ2v) is 10.4. The number of carbonyl (C=O) groups excluding carboxylic acids is 1. The van der Waals surface area contributed by atoms with Crippen LogP contribution in [0, 0.1) is 0 Å². The third-order valence-corrected chi connectivity index (χ3v) is 7.24. The largest absolute Gasteiger partial charge is 0.324 e. The average molecular weight is 398 g/mol. The molecule has 1 aliphatic heterocycles. The minimum atomic E-state index is -3.38. The van der Waals surface area contributed by atoms with Crippen molar-refractivity contribution in [2.75, 3.05) is 18.4 Å². The monoisotopic (exact) mass is 397 g/mol. The highest BCUT2D eigenvalue weighted by atomic mass is 32.2. The number of fused-ring (bicyclic) bond motifs is 1. The van der Waals surface area contributed by atoms with Crippen LogP contribution in [-0.4, -0.2) is 52.0 Å². The van der Waals surface area contributed by atoms with E-state index in [1.165, 1.54) is 0 Å². The normalized spacial score (nSPS) is 16.8. The second kappa shape index (κ2) is 7.09. The number of hydrogen-bond donors (Lipinski definition) is 2. The molecule has 0 spiro atoms. The smallest absolute Gasteiger partial charge is 0.321 e. The van der Waals surface area contributed by atoms with Gasteiger partial charge in [-0.25, -0.2) is 17.9 Å². The first-order valence-electron chi connectivity index (χ1n) is 8.46. The number of likely N-dealkylation sites (tertiary alicyclic amines) is 1. The van der Waals surface area contributed by atoms with Crippen molar-refractivity contribution in [2.24, 2.45) is 0 Å². The van der Waals surface area contributed by atoms with Gasteiger partial charge in [0, 0.05) is 19.1 Å². The number of nitrogens with zero attached hydrogens (tertiary/aromatic N) is 3. The van der Waals surface area contributed by atoms with Gasteiger partial charge in [-0.3, -0.25) is 0 Å². The van der Waals surface area contributed by atoms with Crippen molar-refractivity contribution in [3.63, 3.8) is 0 Å². The zero-order chi connectivity index (χ0) is 18.9. The van der Waals surface area contributed by atoms with E-state index in [0.29, 0.717) is 37.1 Å². The molecule has 2 heterocycles. The number of aromatic nitrogens is 2. The van der Waals surface area contributed by atoms with Crippen LogP contribution in [0.15, 0.2) is 18.2 Å². The summed E-state index contributed by atoms with van der Waals surface area (Å²) in [6.45, 7) is 6.01. The first-order chi connectivity index (χ1) is 12.2. The molecule has 0 bridgehead atoms. The van der Waals surface area contributed by atoms with E-state index in [-0.39, 0.29) is 12.1 Å². The fourth-order valence-corrected chi connectivity index (χ4v) is 4.28. The Labute approximate surface area is 157 Å². The molecule has 3 rings (SSSR count). The lowest BCUT2D eigenvalue weighted by Crippen LogP contribution is -2.50. The zero-order valence-electron chi connectivity index (χ0n) is 15.0. The summed E-state index contributed by atoms with van der Waals surface area (Å²) in [4.78, 5) is 14.2. The van der Waals surface area contributed by atoms with Gasteiger partial charge in [0.2, 0.25) is 10.0 Å². The first-order valence-corrected chi connectivity index (χ1v) is 10.7. The number of rotatable bonds is 3. The van der Waals surface area contributed by atoms with E-state index in [9.17, 15) is 13.2 Å². The summed E-state index contributed by atoms with van der Waals surface area (Å²) in [6, 6.07) is 5.12. The Balaban J connectivity index is 1.58. The summed E-state index contributed by atoms with van der Waals surface area (Å²) in [6.07, 6.45) is 1.18. The van der Waals surface area contributed by atoms with Crippen LogP contribution in [0.2, 0.25) is 0 Å². The zero-order valence-corrected chi connectivity index (χ0v) is 16.7. The standard InChI is InChI=1S/C16H23N5O3S2/c1-16(2,3)26(23,24)20-11-7-9-21(10-8-11)15(22)17-12-5-4-6-13-14(12)19-25-18-13/h4-6,11,20H,7-10H2,1-3H3,(H,17,22). The van der Waals surface area contributed by atoms with Crippen LogP contribution in [-0.2, 0) is 10.0 Å². The Kier molecular flexibility index (Phi) is 5.18. The number of nitrogens with one attached hydrogen (secondary N) is 2. The molecule has 0 saturated carbocycles. The van der Waals surface area contributed by atoms with E-state index < -0.39 is 14.8 Å². The van der Waals surface area contributed by atoms with Crippen LogP contribution in [0.5, 0.6) is 0 Å². The molecule has 1 aromatic heterocycles. The molecular weight excluding hydrogens is 374 g/mol. The third-order valence-electron chi connectivity index (χ3n) is 4.44. The maximum Gasteiger partial charge on any atom is 0.321 e. The Bertz CT molecular complexity index is 896. The van der Waals surface area contributed by atoms with Gasteiger partial charge in [-0.15, -0.1) is 0 Å². The number of sulfonamides is 1. The van der Waals surface area contributed by atoms with Gasteiger partial charge in [0.25, 0.3) is 0 Å². The fraction of sp³-hybridized carbons (Fsp3) is 0.562. The summed E-state index contributed by atoms with van der Waals surface area (Å²) in [5.74, 6) is 0. The first kappa shape index (κ1) is 19.0. The molecule has 142 valence electrons. The van der Waals surface area contributed by atoms with E-state index >= 15 is 0 Å². The maximum absolute atomic E-state index is 12.5. The van der Waals surface area contributed by atoms with Crippen molar-refractivity contribution in [2.45, 2.75) is 44.4 Å². The minimum absolute atomic E-state index is 0.144. The van der Waals surface area contributed by atoms with Crippen molar-refractivity contribution < 1.29 is 13.2 Å². The summed E-state index contributed by atoms with van der Waals surface area (Å²) >= 11 is 1.11. The highest BCUT2D eigenvalue weighted by molar-refractivity contribution is 7.90. The molecule has 2 aromatic rings. The highest BCUT2D eigenvalue weighted by Gasteiger charge is 2.33. The summed E-state index contributed by atoms with van der Waals surface area (Å²) in [5.41, 5.74) is 2.07. The number of hydrogen-bond acceptors (Lipinski definition) is 6. The van der Waals surface area contributed by atoms with Crippen LogP contribution in [0.25, 0.3) is 11.0 Å². The molecule has 0 radical (unpaired) electrons. The maximum atomic E-state index is 12.5. The molecule has 0 unspecified atom stereocenters. The van der Waals surface area contributed by atoms with E-state index in [1.54, 1.807) is 31.7 Å². The molecule has 10 heteroatoms. The SMILES string of the molecule is CC(C)(C)S(=O)(=O)NC1CCN(C(=O)Nc2cccc3nsnc23)CC1. The Morgan fingerprint density at radius 2 is 1.92 bits per heavy atom. The number of anilines is 1. The molecule has 1 aromatic carbocycles. The van der Waals surface area contributed by atoms with E-state index in [0.717, 1.165) is 17.2 Å². The van der Waals surface area contributed by atoms with Crippen LogP contribution < -0.4 is 10.0 Å². The van der Waals surface area contributed by atoms with Gasteiger partial charge in [0.1, 0.15) is 11.0 Å². The minimum Gasteiger partial charge on any atom is -0.324 e. The number of carbonyl (C=O) groups is 1. The lowest BCUT2D eigenvalue weighted by Gasteiger charge is -2.33. The van der Waals surface area contributed by atoms with Crippen LogP contribution in [0.3, 0.4) is 0 Å². The van der Waals surface area contributed by atoms with Gasteiger partial charge in [0.05, 0.1) is 22.2 Å². The highest BCUT2D eigenvalue weighted by Crippen LogP contribution is 2.22. The molecule has 8 nitrogen and oxygen atoms in total. The molecule has 1 aliphatic rings. The predicted octanol–water partition coefficient (Wildman–Crippen LogP) is 2.41. The Hall–Kier alpha value is -1.78. The van der Waals surface area contributed by atoms with Gasteiger partial charge in [-0.2, -0.15) is 8.75 Å². The molecule has 26 heavy (non-hydrogen) atoms. The third kappa shape index (κ3) is 3.97. The summed E-state index contributed by atoms with van der Waals surface area (Å²) < 4.78 is 34.8. The number of urea groups is 1. The van der Waals surface area contributed by atoms with Crippen LogP contribution >= 0.6 is 11.7 Å². The molecule has 2 N–H and O–H groups in total. The van der Waals surface area contributed by atoms with Crippen molar-refractivity contribution in [1.29, 1.82) is 0 Å². The van der Waals surface area contributed by atoms with E-state index in [4.69, 9.17) is 0 Å². The molecular formula is C16H23N5O3S2. The van der Waals surface area contributed by atoms with Gasteiger partial charge < -0.3 is 10.2 Å². The van der Waals surface area contributed by atoms with E-state index in [1.807, 2.05) is 12.1 Å². The quantitative estimate of drug-likeness (QED) is 0.828. The van der Waals surface area contributed by atoms with Crippen LogP contribution in [0.1, 0.15) is 33.6 Å². The van der Waals surface area contributed by atoms with Gasteiger partial charge in [0.15, 0.2) is 0 Å². The topological polar surface area (TPSA) is 104 Å². The number of benzene rings is 1. The van der Waals surface area contributed by atoms with Crippen molar-refractivity contribution in [1.82, 2.24) is 18.4 Å². The Morgan fingerprint density at radius 3 is 2.58 bits per heavy atom. The van der Waals surface area contributed by atoms with Crippen molar-refractivity contribution in [3.8, 4) is 0 Å². The number of piperidine rings is 1. The average Bonchev–Trinajstić information content (AvgIpc) is 3.04. The van der Waals surface area contributed by atoms with Gasteiger partial charge in [-0.05, 0) is 45.7 Å². The predicted molar refractivity (Wildman–Crippen MR) is 103 cm³/mol. The lowest BCUT2D eigenvalue weighted by atomic mass is 10.1. The molecule has 0 aliphatic carbocycles. The Morgan fingerprint density at radius 1 is 1.23 bits per heavy atom. The van der Waals surface area contributed by atoms with Gasteiger partial charge in [-0.1, -0.05) is 6.07 Å². The van der Waals surface area contributed by atoms with Crippen molar-refractivity contribution in [3.05, 3.63) is 18.2 Å².